The molecule has 0 radical (unpaired) electrons. The summed E-state index contributed by atoms with van der Waals surface area (Å²) in [4.78, 5) is 25.0. The van der Waals surface area contributed by atoms with E-state index in [9.17, 15) is 9.59 Å². The summed E-state index contributed by atoms with van der Waals surface area (Å²) >= 11 is 0. The first-order valence-corrected chi connectivity index (χ1v) is 10.9. The molecule has 1 aliphatic heterocycles. The Balaban J connectivity index is 1.57. The maximum atomic E-state index is 12.7. The van der Waals surface area contributed by atoms with Gasteiger partial charge < -0.3 is 25.9 Å². The lowest BCUT2D eigenvalue weighted by Crippen LogP contribution is -2.48. The van der Waals surface area contributed by atoms with Crippen molar-refractivity contribution in [3.8, 4) is 0 Å². The Bertz CT molecular complexity index is 963. The number of hydrogen-bond donors (Lipinski definition) is 5. The van der Waals surface area contributed by atoms with Crippen LogP contribution in [-0.2, 0) is 22.7 Å². The van der Waals surface area contributed by atoms with Crippen LogP contribution in [0.1, 0.15) is 31.9 Å². The van der Waals surface area contributed by atoms with Gasteiger partial charge in [-0.15, -0.1) is 5.53 Å². The number of ether oxygens (including phenoxy) is 1. The van der Waals surface area contributed by atoms with E-state index in [1.807, 2.05) is 44.2 Å². The molecule has 0 aliphatic carbocycles. The van der Waals surface area contributed by atoms with Crippen LogP contribution in [0.2, 0.25) is 0 Å². The maximum absolute atomic E-state index is 12.7. The van der Waals surface area contributed by atoms with Crippen LogP contribution < -0.4 is 21.6 Å². The molecule has 176 valence electrons. The second kappa shape index (κ2) is 11.3. The summed E-state index contributed by atoms with van der Waals surface area (Å²) in [5.41, 5.74) is 9.04. The fourth-order valence-corrected chi connectivity index (χ4v) is 3.27. The highest BCUT2D eigenvalue weighted by molar-refractivity contribution is 5.94. The van der Waals surface area contributed by atoms with E-state index < -0.39 is 12.1 Å². The van der Waals surface area contributed by atoms with Gasteiger partial charge in [-0.2, -0.15) is 0 Å². The average Bonchev–Trinajstić information content (AvgIpc) is 3.31. The molecule has 0 spiro atoms. The minimum atomic E-state index is -0.537. The van der Waals surface area contributed by atoms with Crippen LogP contribution in [0.5, 0.6) is 0 Å². The van der Waals surface area contributed by atoms with E-state index >= 15 is 0 Å². The first-order valence-electron chi connectivity index (χ1n) is 10.9. The second-order valence-corrected chi connectivity index (χ2v) is 8.18. The van der Waals surface area contributed by atoms with E-state index in [2.05, 4.69) is 21.6 Å². The summed E-state index contributed by atoms with van der Waals surface area (Å²) in [5.74, 6) is -0.140. The lowest BCUT2D eigenvalue weighted by molar-refractivity contribution is -0.120. The number of alkyl carbamates (subject to hydrolysis) is 1. The van der Waals surface area contributed by atoms with Gasteiger partial charge in [0.05, 0.1) is 18.3 Å². The molecule has 2 aromatic carbocycles. The number of hydrogen-bond acceptors (Lipinski definition) is 7. The van der Waals surface area contributed by atoms with Crippen molar-refractivity contribution < 1.29 is 19.4 Å². The summed E-state index contributed by atoms with van der Waals surface area (Å²) in [7, 11) is 0. The largest absolute Gasteiger partial charge is 0.445 e. The van der Waals surface area contributed by atoms with Crippen LogP contribution in [0.25, 0.3) is 0 Å². The van der Waals surface area contributed by atoms with E-state index in [-0.39, 0.29) is 31.1 Å². The SMILES string of the molecule is CC(C)[C@@H](NC(=O)OCc1ccccc1)C1=CN([C@@H](C)C(=O)Nc2ccc(CO)cc2)NN1. The molecule has 0 bridgehead atoms. The lowest BCUT2D eigenvalue weighted by Gasteiger charge is -2.23. The minimum Gasteiger partial charge on any atom is -0.445 e. The molecule has 0 fully saturated rings. The number of aliphatic hydroxyl groups is 1. The number of carbonyl (C=O) groups excluding carboxylic acids is 2. The number of rotatable bonds is 9. The van der Waals surface area contributed by atoms with E-state index in [0.717, 1.165) is 11.1 Å². The van der Waals surface area contributed by atoms with Crippen molar-refractivity contribution >= 4 is 17.7 Å². The van der Waals surface area contributed by atoms with Crippen molar-refractivity contribution in [1.82, 2.24) is 21.3 Å². The van der Waals surface area contributed by atoms with Crippen molar-refractivity contribution in [3.63, 3.8) is 0 Å². The van der Waals surface area contributed by atoms with Crippen LogP contribution in [0.3, 0.4) is 0 Å². The molecule has 2 amide bonds. The van der Waals surface area contributed by atoms with Gasteiger partial charge in [0.1, 0.15) is 12.6 Å². The molecular weight excluding hydrogens is 422 g/mol. The first-order chi connectivity index (χ1) is 15.9. The molecule has 0 saturated heterocycles. The van der Waals surface area contributed by atoms with Gasteiger partial charge in [-0.25, -0.2) is 4.79 Å². The number of anilines is 1. The molecule has 2 aromatic rings. The molecule has 0 saturated carbocycles. The minimum absolute atomic E-state index is 0.0492. The second-order valence-electron chi connectivity index (χ2n) is 8.18. The Kier molecular flexibility index (Phi) is 8.28. The van der Waals surface area contributed by atoms with Crippen LogP contribution in [0, 0.1) is 5.92 Å². The van der Waals surface area contributed by atoms with Crippen LogP contribution in [-0.4, -0.2) is 34.2 Å². The molecule has 9 heteroatoms. The fourth-order valence-electron chi connectivity index (χ4n) is 3.27. The number of hydrazine groups is 2. The molecule has 1 heterocycles. The van der Waals surface area contributed by atoms with Crippen molar-refractivity contribution in [1.29, 1.82) is 0 Å². The molecule has 2 atom stereocenters. The topological polar surface area (TPSA) is 115 Å². The predicted molar refractivity (Wildman–Crippen MR) is 125 cm³/mol. The van der Waals surface area contributed by atoms with E-state index in [0.29, 0.717) is 11.4 Å². The molecule has 0 aromatic heterocycles. The molecule has 33 heavy (non-hydrogen) atoms. The van der Waals surface area contributed by atoms with Gasteiger partial charge in [-0.1, -0.05) is 56.3 Å². The van der Waals surface area contributed by atoms with Crippen LogP contribution in [0.4, 0.5) is 10.5 Å². The number of aliphatic hydroxyl groups excluding tert-OH is 1. The van der Waals surface area contributed by atoms with Crippen molar-refractivity contribution in [2.45, 2.75) is 46.1 Å². The third kappa shape index (κ3) is 6.71. The summed E-state index contributed by atoms with van der Waals surface area (Å²) < 4.78 is 5.34. The van der Waals surface area contributed by atoms with Gasteiger partial charge in [0.25, 0.3) is 0 Å². The summed E-state index contributed by atoms with van der Waals surface area (Å²) in [6, 6.07) is 15.6. The van der Waals surface area contributed by atoms with Crippen molar-refractivity contribution in [2.75, 3.05) is 5.32 Å². The van der Waals surface area contributed by atoms with Crippen molar-refractivity contribution in [2.24, 2.45) is 5.92 Å². The number of carbonyl (C=O) groups is 2. The fraction of sp³-hybridized carbons (Fsp3) is 0.333. The molecule has 9 nitrogen and oxygen atoms in total. The van der Waals surface area contributed by atoms with Gasteiger partial charge in [0.2, 0.25) is 5.91 Å². The molecule has 1 aliphatic rings. The number of nitrogens with zero attached hydrogens (tertiary/aromatic N) is 1. The highest BCUT2D eigenvalue weighted by atomic mass is 16.5. The zero-order valence-corrected chi connectivity index (χ0v) is 19.0. The number of nitrogens with one attached hydrogen (secondary N) is 4. The van der Waals surface area contributed by atoms with E-state index in [4.69, 9.17) is 9.84 Å². The zero-order valence-electron chi connectivity index (χ0n) is 19.0. The molecule has 5 N–H and O–H groups in total. The molecule has 0 unspecified atom stereocenters. The van der Waals surface area contributed by atoms with Crippen LogP contribution in [0.15, 0.2) is 66.5 Å². The third-order valence-corrected chi connectivity index (χ3v) is 5.30. The lowest BCUT2D eigenvalue weighted by atomic mass is 10.0. The Labute approximate surface area is 193 Å². The van der Waals surface area contributed by atoms with Gasteiger partial charge in [0.15, 0.2) is 0 Å². The molecule has 3 rings (SSSR count). The van der Waals surface area contributed by atoms with Crippen molar-refractivity contribution in [3.05, 3.63) is 77.6 Å². The van der Waals surface area contributed by atoms with E-state index in [1.54, 1.807) is 42.4 Å². The maximum Gasteiger partial charge on any atom is 0.408 e. The Morgan fingerprint density at radius 2 is 1.73 bits per heavy atom. The highest BCUT2D eigenvalue weighted by Crippen LogP contribution is 2.17. The first kappa shape index (κ1) is 24.1. The van der Waals surface area contributed by atoms with Crippen LogP contribution >= 0.6 is 0 Å². The summed E-state index contributed by atoms with van der Waals surface area (Å²) in [5, 5.41) is 16.5. The predicted octanol–water partition coefficient (Wildman–Crippen LogP) is 2.62. The average molecular weight is 454 g/mol. The van der Waals surface area contributed by atoms with Gasteiger partial charge in [-0.3, -0.25) is 9.80 Å². The third-order valence-electron chi connectivity index (χ3n) is 5.30. The van der Waals surface area contributed by atoms with Gasteiger partial charge in [-0.05, 0) is 36.1 Å². The monoisotopic (exact) mass is 453 g/mol. The Hall–Kier alpha value is -3.56. The van der Waals surface area contributed by atoms with Gasteiger partial charge in [0, 0.05) is 11.9 Å². The Morgan fingerprint density at radius 3 is 2.36 bits per heavy atom. The van der Waals surface area contributed by atoms with Gasteiger partial charge >= 0.3 is 6.09 Å². The normalized spacial score (nSPS) is 14.8. The summed E-state index contributed by atoms with van der Waals surface area (Å²) in [6.07, 6.45) is 1.25. The molecular formula is C24H31N5O4. The Morgan fingerprint density at radius 1 is 1.03 bits per heavy atom. The number of amides is 2. The van der Waals surface area contributed by atoms with E-state index in [1.165, 1.54) is 0 Å². The quantitative estimate of drug-likeness (QED) is 0.396. The standard InChI is InChI=1S/C24H31N5O4/c1-16(2)22(26-24(32)33-15-19-7-5-4-6-8-19)21-13-29(28-27-21)17(3)23(31)25-20-11-9-18(14-30)10-12-20/h4-13,16-17,22,27-28,30H,14-15H2,1-3H3,(H,25,31)(H,26,32)/t17-,22+/m0/s1. The summed E-state index contributed by atoms with van der Waals surface area (Å²) in [6.45, 7) is 5.87. The highest BCUT2D eigenvalue weighted by Gasteiger charge is 2.29. The smallest absolute Gasteiger partial charge is 0.408 e. The zero-order chi connectivity index (χ0) is 23.8. The number of benzene rings is 2.